The van der Waals surface area contributed by atoms with E-state index in [1.165, 1.54) is 12.4 Å². The van der Waals surface area contributed by atoms with Gasteiger partial charge in [0.2, 0.25) is 0 Å². The molecule has 1 unspecified atom stereocenters. The minimum Gasteiger partial charge on any atom is -0.381 e. The SMILES string of the molecule is CC(N)CNc1c(Cl)cncc1Cl. The van der Waals surface area contributed by atoms with Gasteiger partial charge in [-0.15, -0.1) is 0 Å². The van der Waals surface area contributed by atoms with Gasteiger partial charge in [-0.3, -0.25) is 4.98 Å². The smallest absolute Gasteiger partial charge is 0.0836 e. The van der Waals surface area contributed by atoms with Crippen LogP contribution in [-0.2, 0) is 0 Å². The van der Waals surface area contributed by atoms with E-state index in [9.17, 15) is 0 Å². The highest BCUT2D eigenvalue weighted by Gasteiger charge is 2.05. The lowest BCUT2D eigenvalue weighted by atomic mass is 10.3. The molecule has 0 saturated heterocycles. The van der Waals surface area contributed by atoms with E-state index >= 15 is 0 Å². The van der Waals surface area contributed by atoms with Crippen molar-refractivity contribution in [2.75, 3.05) is 11.9 Å². The van der Waals surface area contributed by atoms with Crippen molar-refractivity contribution >= 4 is 28.9 Å². The van der Waals surface area contributed by atoms with Crippen molar-refractivity contribution in [2.45, 2.75) is 13.0 Å². The van der Waals surface area contributed by atoms with Crippen LogP contribution in [0.2, 0.25) is 10.0 Å². The monoisotopic (exact) mass is 219 g/mol. The maximum Gasteiger partial charge on any atom is 0.0836 e. The summed E-state index contributed by atoms with van der Waals surface area (Å²) in [6.07, 6.45) is 3.08. The Bertz CT molecular complexity index is 268. The quantitative estimate of drug-likeness (QED) is 0.820. The van der Waals surface area contributed by atoms with Gasteiger partial charge < -0.3 is 11.1 Å². The summed E-state index contributed by atoms with van der Waals surface area (Å²) in [5, 5.41) is 4.07. The Labute approximate surface area is 87.2 Å². The van der Waals surface area contributed by atoms with Gasteiger partial charge in [0.15, 0.2) is 0 Å². The molecule has 1 aromatic rings. The molecule has 1 heterocycles. The van der Waals surface area contributed by atoms with Gasteiger partial charge in [-0.05, 0) is 6.92 Å². The van der Waals surface area contributed by atoms with E-state index < -0.39 is 0 Å². The van der Waals surface area contributed by atoms with Crippen LogP contribution in [0.4, 0.5) is 5.69 Å². The molecular weight excluding hydrogens is 209 g/mol. The van der Waals surface area contributed by atoms with Crippen molar-refractivity contribution in [3.8, 4) is 0 Å². The Hall–Kier alpha value is -0.510. The third-order valence-electron chi connectivity index (χ3n) is 1.45. The lowest BCUT2D eigenvalue weighted by Crippen LogP contribution is -2.25. The van der Waals surface area contributed by atoms with E-state index in [1.807, 2.05) is 6.92 Å². The van der Waals surface area contributed by atoms with Gasteiger partial charge in [0.25, 0.3) is 0 Å². The Morgan fingerprint density at radius 3 is 2.46 bits per heavy atom. The van der Waals surface area contributed by atoms with Gasteiger partial charge >= 0.3 is 0 Å². The van der Waals surface area contributed by atoms with E-state index in [2.05, 4.69) is 10.3 Å². The van der Waals surface area contributed by atoms with Crippen molar-refractivity contribution in [3.63, 3.8) is 0 Å². The van der Waals surface area contributed by atoms with Crippen molar-refractivity contribution < 1.29 is 0 Å². The van der Waals surface area contributed by atoms with E-state index in [1.54, 1.807) is 0 Å². The number of anilines is 1. The first kappa shape index (κ1) is 10.6. The van der Waals surface area contributed by atoms with Crippen LogP contribution < -0.4 is 11.1 Å². The molecule has 0 aliphatic heterocycles. The zero-order valence-electron chi connectivity index (χ0n) is 7.22. The third kappa shape index (κ3) is 3.03. The van der Waals surface area contributed by atoms with Crippen LogP contribution >= 0.6 is 23.2 Å². The molecule has 13 heavy (non-hydrogen) atoms. The molecule has 1 atom stereocenters. The lowest BCUT2D eigenvalue weighted by molar-refractivity contribution is 0.780. The summed E-state index contributed by atoms with van der Waals surface area (Å²) in [5.41, 5.74) is 6.27. The standard InChI is InChI=1S/C8H11Cl2N3/c1-5(11)2-13-8-6(9)3-12-4-7(8)10/h3-5H,2,11H2,1H3,(H,12,13). The summed E-state index contributed by atoms with van der Waals surface area (Å²) >= 11 is 11.7. The normalized spacial score (nSPS) is 12.6. The van der Waals surface area contributed by atoms with E-state index in [0.29, 0.717) is 22.3 Å². The molecule has 1 aromatic heterocycles. The maximum atomic E-state index is 5.86. The molecule has 3 N–H and O–H groups in total. The zero-order chi connectivity index (χ0) is 9.84. The molecule has 3 nitrogen and oxygen atoms in total. The Morgan fingerprint density at radius 1 is 1.46 bits per heavy atom. The molecule has 0 fully saturated rings. The van der Waals surface area contributed by atoms with Crippen LogP contribution in [0.5, 0.6) is 0 Å². The second kappa shape index (κ2) is 4.65. The average Bonchev–Trinajstić information content (AvgIpc) is 2.03. The van der Waals surface area contributed by atoms with Crippen molar-refractivity contribution in [3.05, 3.63) is 22.4 Å². The summed E-state index contributed by atoms with van der Waals surface area (Å²) < 4.78 is 0. The summed E-state index contributed by atoms with van der Waals surface area (Å²) in [7, 11) is 0. The number of aromatic nitrogens is 1. The fourth-order valence-electron chi connectivity index (χ4n) is 0.843. The van der Waals surface area contributed by atoms with Gasteiger partial charge in [-0.2, -0.15) is 0 Å². The first-order valence-corrected chi connectivity index (χ1v) is 4.65. The molecule has 0 radical (unpaired) electrons. The number of nitrogens with one attached hydrogen (secondary N) is 1. The van der Waals surface area contributed by atoms with E-state index in [4.69, 9.17) is 28.9 Å². The highest BCUT2D eigenvalue weighted by Crippen LogP contribution is 2.28. The van der Waals surface area contributed by atoms with Gasteiger partial charge in [0.1, 0.15) is 0 Å². The molecule has 0 saturated carbocycles. The van der Waals surface area contributed by atoms with E-state index in [0.717, 1.165) is 0 Å². The minimum atomic E-state index is 0.0558. The topological polar surface area (TPSA) is 50.9 Å². The van der Waals surface area contributed by atoms with Crippen molar-refractivity contribution in [1.29, 1.82) is 0 Å². The summed E-state index contributed by atoms with van der Waals surface area (Å²) in [4.78, 5) is 3.84. The molecular formula is C8H11Cl2N3. The van der Waals surface area contributed by atoms with Crippen LogP contribution in [0, 0.1) is 0 Å². The largest absolute Gasteiger partial charge is 0.381 e. The molecule has 0 bridgehead atoms. The Morgan fingerprint density at radius 2 is 2.00 bits per heavy atom. The lowest BCUT2D eigenvalue weighted by Gasteiger charge is -2.11. The highest BCUT2D eigenvalue weighted by atomic mass is 35.5. The summed E-state index contributed by atoms with van der Waals surface area (Å²) in [6, 6.07) is 0.0558. The van der Waals surface area contributed by atoms with Gasteiger partial charge in [0.05, 0.1) is 15.7 Å². The molecule has 5 heteroatoms. The van der Waals surface area contributed by atoms with Crippen LogP contribution in [0.1, 0.15) is 6.92 Å². The highest BCUT2D eigenvalue weighted by molar-refractivity contribution is 6.38. The van der Waals surface area contributed by atoms with E-state index in [-0.39, 0.29) is 6.04 Å². The number of rotatable bonds is 3. The first-order valence-electron chi connectivity index (χ1n) is 3.89. The van der Waals surface area contributed by atoms with Crippen LogP contribution in [0.3, 0.4) is 0 Å². The molecule has 0 spiro atoms. The molecule has 72 valence electrons. The minimum absolute atomic E-state index is 0.0558. The molecule has 1 rings (SSSR count). The first-order chi connectivity index (χ1) is 6.11. The molecule has 0 amide bonds. The number of pyridine rings is 1. The molecule has 0 aliphatic rings. The van der Waals surface area contributed by atoms with Gasteiger partial charge in [-0.25, -0.2) is 0 Å². The number of hydrogen-bond acceptors (Lipinski definition) is 3. The Kier molecular flexibility index (Phi) is 3.78. The maximum absolute atomic E-state index is 5.86. The fraction of sp³-hybridized carbons (Fsp3) is 0.375. The third-order valence-corrected chi connectivity index (χ3v) is 2.03. The van der Waals surface area contributed by atoms with Crippen LogP contribution in [0.15, 0.2) is 12.4 Å². The van der Waals surface area contributed by atoms with Crippen molar-refractivity contribution in [2.24, 2.45) is 5.73 Å². The second-order valence-corrected chi connectivity index (χ2v) is 3.65. The number of halogens is 2. The zero-order valence-corrected chi connectivity index (χ0v) is 8.73. The van der Waals surface area contributed by atoms with Crippen molar-refractivity contribution in [1.82, 2.24) is 4.98 Å². The number of nitrogens with zero attached hydrogens (tertiary/aromatic N) is 1. The second-order valence-electron chi connectivity index (χ2n) is 2.84. The summed E-state index contributed by atoms with van der Waals surface area (Å²) in [5.74, 6) is 0. The predicted molar refractivity (Wildman–Crippen MR) is 56.4 cm³/mol. The average molecular weight is 220 g/mol. The number of hydrogen-bond donors (Lipinski definition) is 2. The molecule has 0 aromatic carbocycles. The number of nitrogens with two attached hydrogens (primary N) is 1. The molecule has 0 aliphatic carbocycles. The predicted octanol–water partition coefficient (Wildman–Crippen LogP) is 2.15. The van der Waals surface area contributed by atoms with Crippen LogP contribution in [0.25, 0.3) is 0 Å². The van der Waals surface area contributed by atoms with Gasteiger partial charge in [0, 0.05) is 25.0 Å². The Balaban J connectivity index is 2.75. The summed E-state index contributed by atoms with van der Waals surface area (Å²) in [6.45, 7) is 2.53. The van der Waals surface area contributed by atoms with Gasteiger partial charge in [-0.1, -0.05) is 23.2 Å². The fourth-order valence-corrected chi connectivity index (χ4v) is 1.34. The van der Waals surface area contributed by atoms with Crippen LogP contribution in [-0.4, -0.2) is 17.6 Å².